The van der Waals surface area contributed by atoms with Crippen LogP contribution in [0.2, 0.25) is 5.02 Å². The van der Waals surface area contributed by atoms with E-state index in [0.717, 1.165) is 53.1 Å². The molecule has 0 radical (unpaired) electrons. The lowest BCUT2D eigenvalue weighted by Crippen LogP contribution is -2.52. The maximum absolute atomic E-state index is 14.1. The summed E-state index contributed by atoms with van der Waals surface area (Å²) in [6, 6.07) is 31.6. The van der Waals surface area contributed by atoms with Gasteiger partial charge >= 0.3 is 0 Å². The highest BCUT2D eigenvalue weighted by Gasteiger charge is 2.31. The fraction of sp³-hybridized carbons (Fsp3) is 0.314. The second kappa shape index (κ2) is 13.6. The molecule has 0 aliphatic heterocycles. The summed E-state index contributed by atoms with van der Waals surface area (Å²) in [7, 11) is 0. The van der Waals surface area contributed by atoms with Crippen LogP contribution in [0, 0.1) is 0 Å². The highest BCUT2D eigenvalue weighted by atomic mass is 35.5. The molecule has 4 aromatic carbocycles. The number of rotatable bonds is 10. The topological polar surface area (TPSA) is 49.4 Å². The zero-order valence-corrected chi connectivity index (χ0v) is 23.7. The molecular formula is C35H37ClN2O2. The van der Waals surface area contributed by atoms with Gasteiger partial charge in [-0.05, 0) is 58.9 Å². The zero-order valence-electron chi connectivity index (χ0n) is 22.9. The van der Waals surface area contributed by atoms with Crippen molar-refractivity contribution in [1.29, 1.82) is 0 Å². The molecule has 1 unspecified atom stereocenters. The molecule has 1 aliphatic rings. The summed E-state index contributed by atoms with van der Waals surface area (Å²) in [5.74, 6) is -0.107. The number of nitrogens with zero attached hydrogens (tertiary/aromatic N) is 1. The SMILES string of the molecule is O=C(NC1CCCCC1)C(Cc1ccccc1)N(Cc1cccc(Cl)c1)C(=O)CCc1cccc2ccccc12. The van der Waals surface area contributed by atoms with E-state index in [-0.39, 0.29) is 17.9 Å². The van der Waals surface area contributed by atoms with Gasteiger partial charge in [-0.25, -0.2) is 0 Å². The van der Waals surface area contributed by atoms with Crippen LogP contribution in [-0.4, -0.2) is 28.8 Å². The molecular weight excluding hydrogens is 516 g/mol. The van der Waals surface area contributed by atoms with Crippen LogP contribution < -0.4 is 5.32 Å². The van der Waals surface area contributed by atoms with E-state index in [4.69, 9.17) is 11.6 Å². The number of carbonyl (C=O) groups excluding carboxylic acids is 2. The van der Waals surface area contributed by atoms with E-state index in [1.165, 1.54) is 6.42 Å². The molecule has 0 aromatic heterocycles. The highest BCUT2D eigenvalue weighted by molar-refractivity contribution is 6.30. The third-order valence-electron chi connectivity index (χ3n) is 7.95. The van der Waals surface area contributed by atoms with E-state index in [0.29, 0.717) is 30.8 Å². The Morgan fingerprint density at radius 2 is 1.52 bits per heavy atom. The molecule has 1 saturated carbocycles. The summed E-state index contributed by atoms with van der Waals surface area (Å²) in [6.45, 7) is 0.324. The molecule has 0 heterocycles. The molecule has 2 amide bonds. The number of benzene rings is 4. The van der Waals surface area contributed by atoms with Gasteiger partial charge in [-0.15, -0.1) is 0 Å². The summed E-state index contributed by atoms with van der Waals surface area (Å²) in [4.78, 5) is 29.8. The third-order valence-corrected chi connectivity index (χ3v) is 8.19. The summed E-state index contributed by atoms with van der Waals surface area (Å²) >= 11 is 6.32. The lowest BCUT2D eigenvalue weighted by Gasteiger charge is -2.33. The number of hydrogen-bond acceptors (Lipinski definition) is 2. The van der Waals surface area contributed by atoms with Gasteiger partial charge in [-0.3, -0.25) is 9.59 Å². The molecule has 40 heavy (non-hydrogen) atoms. The van der Waals surface area contributed by atoms with Crippen molar-refractivity contribution in [3.8, 4) is 0 Å². The Hall–Kier alpha value is -3.63. The first kappa shape index (κ1) is 27.9. The standard InChI is InChI=1S/C35H37ClN2O2/c36-30-17-9-13-27(23-30)25-38(34(39)22-21-29-16-10-15-28-14-7-8-20-32(28)29)33(24-26-11-3-1-4-12-26)35(40)37-31-18-5-2-6-19-31/h1,3-4,7-17,20,23,31,33H,2,5-6,18-19,21-22,24-25H2,(H,37,40). The van der Waals surface area contributed by atoms with Crippen LogP contribution in [0.5, 0.6) is 0 Å². The third kappa shape index (κ3) is 7.31. The molecule has 1 N–H and O–H groups in total. The molecule has 206 valence electrons. The second-order valence-electron chi connectivity index (χ2n) is 10.8. The lowest BCUT2D eigenvalue weighted by molar-refractivity contribution is -0.141. The van der Waals surface area contributed by atoms with E-state index in [9.17, 15) is 9.59 Å². The van der Waals surface area contributed by atoms with Crippen molar-refractivity contribution >= 4 is 34.2 Å². The molecule has 0 bridgehead atoms. The number of amides is 2. The van der Waals surface area contributed by atoms with Gasteiger partial charge in [0.15, 0.2) is 0 Å². The average molecular weight is 553 g/mol. The fourth-order valence-corrected chi connectivity index (χ4v) is 6.04. The minimum atomic E-state index is -0.622. The molecule has 0 saturated heterocycles. The molecule has 4 aromatic rings. The monoisotopic (exact) mass is 552 g/mol. The van der Waals surface area contributed by atoms with E-state index in [2.05, 4.69) is 29.6 Å². The average Bonchev–Trinajstić information content (AvgIpc) is 2.98. The van der Waals surface area contributed by atoms with Gasteiger partial charge in [0, 0.05) is 30.5 Å². The minimum absolute atomic E-state index is 0.0346. The van der Waals surface area contributed by atoms with Gasteiger partial charge in [-0.2, -0.15) is 0 Å². The Kier molecular flexibility index (Phi) is 9.51. The number of hydrogen-bond donors (Lipinski definition) is 1. The number of carbonyl (C=O) groups is 2. The van der Waals surface area contributed by atoms with Crippen LogP contribution in [0.25, 0.3) is 10.8 Å². The first-order valence-corrected chi connectivity index (χ1v) is 14.8. The van der Waals surface area contributed by atoms with Crippen LogP contribution >= 0.6 is 11.6 Å². The Balaban J connectivity index is 1.43. The van der Waals surface area contributed by atoms with E-state index in [1.54, 1.807) is 4.90 Å². The van der Waals surface area contributed by atoms with E-state index < -0.39 is 6.04 Å². The number of fused-ring (bicyclic) bond motifs is 1. The number of nitrogens with one attached hydrogen (secondary N) is 1. The zero-order chi connectivity index (χ0) is 27.7. The first-order valence-electron chi connectivity index (χ1n) is 14.4. The van der Waals surface area contributed by atoms with Gasteiger partial charge in [-0.1, -0.05) is 116 Å². The highest BCUT2D eigenvalue weighted by Crippen LogP contribution is 2.23. The molecule has 1 atom stereocenters. The van der Waals surface area contributed by atoms with Gasteiger partial charge in [0.2, 0.25) is 11.8 Å². The van der Waals surface area contributed by atoms with Crippen molar-refractivity contribution in [3.05, 3.63) is 119 Å². The Bertz CT molecular complexity index is 1430. The quantitative estimate of drug-likeness (QED) is 0.221. The summed E-state index contributed by atoms with van der Waals surface area (Å²) in [5.41, 5.74) is 3.08. The van der Waals surface area contributed by atoms with Crippen LogP contribution in [0.1, 0.15) is 55.2 Å². The Morgan fingerprint density at radius 1 is 0.825 bits per heavy atom. The van der Waals surface area contributed by atoms with Gasteiger partial charge < -0.3 is 10.2 Å². The number of halogens is 1. The van der Waals surface area contributed by atoms with Crippen LogP contribution in [0.15, 0.2) is 97.1 Å². The minimum Gasteiger partial charge on any atom is -0.352 e. The van der Waals surface area contributed by atoms with Crippen LogP contribution in [-0.2, 0) is 29.0 Å². The van der Waals surface area contributed by atoms with Gasteiger partial charge in [0.05, 0.1) is 0 Å². The fourth-order valence-electron chi connectivity index (χ4n) is 5.83. The number of aryl methyl sites for hydroxylation is 1. The molecule has 5 heteroatoms. The smallest absolute Gasteiger partial charge is 0.243 e. The van der Waals surface area contributed by atoms with E-state index >= 15 is 0 Å². The van der Waals surface area contributed by atoms with Crippen molar-refractivity contribution in [2.45, 2.75) is 70.0 Å². The summed E-state index contributed by atoms with van der Waals surface area (Å²) < 4.78 is 0. The maximum atomic E-state index is 14.1. The van der Waals surface area contributed by atoms with Crippen LogP contribution in [0.4, 0.5) is 0 Å². The maximum Gasteiger partial charge on any atom is 0.243 e. The van der Waals surface area contributed by atoms with Crippen molar-refractivity contribution in [3.63, 3.8) is 0 Å². The second-order valence-corrected chi connectivity index (χ2v) is 11.3. The molecule has 1 aliphatic carbocycles. The molecule has 5 rings (SSSR count). The molecule has 1 fully saturated rings. The first-order chi connectivity index (χ1) is 19.6. The predicted molar refractivity (Wildman–Crippen MR) is 163 cm³/mol. The predicted octanol–water partition coefficient (Wildman–Crippen LogP) is 7.51. The summed E-state index contributed by atoms with van der Waals surface area (Å²) in [6.07, 6.45) is 6.84. The van der Waals surface area contributed by atoms with Crippen molar-refractivity contribution < 1.29 is 9.59 Å². The Labute approximate surface area is 242 Å². The van der Waals surface area contributed by atoms with E-state index in [1.807, 2.05) is 72.8 Å². The Morgan fingerprint density at radius 3 is 2.33 bits per heavy atom. The molecule has 0 spiro atoms. The summed E-state index contributed by atoms with van der Waals surface area (Å²) in [5, 5.41) is 6.25. The van der Waals surface area contributed by atoms with Crippen molar-refractivity contribution in [2.75, 3.05) is 0 Å². The molecule has 4 nitrogen and oxygen atoms in total. The van der Waals surface area contributed by atoms with Crippen molar-refractivity contribution in [1.82, 2.24) is 10.2 Å². The van der Waals surface area contributed by atoms with Crippen LogP contribution in [0.3, 0.4) is 0 Å². The largest absolute Gasteiger partial charge is 0.352 e. The lowest BCUT2D eigenvalue weighted by atomic mass is 9.94. The van der Waals surface area contributed by atoms with Crippen molar-refractivity contribution in [2.24, 2.45) is 0 Å². The van der Waals surface area contributed by atoms with Gasteiger partial charge in [0.1, 0.15) is 6.04 Å². The van der Waals surface area contributed by atoms with Gasteiger partial charge in [0.25, 0.3) is 0 Å². The normalized spacial score (nSPS) is 14.5.